The molecule has 3 nitrogen and oxygen atoms in total. The van der Waals surface area contributed by atoms with E-state index < -0.39 is 5.97 Å². The molecule has 1 aromatic rings. The van der Waals surface area contributed by atoms with Crippen LogP contribution in [0.2, 0.25) is 0 Å². The Morgan fingerprint density at radius 3 is 1.84 bits per heavy atom. The third-order valence-corrected chi connectivity index (χ3v) is 4.61. The number of benzene rings is 1. The van der Waals surface area contributed by atoms with Gasteiger partial charge in [0, 0.05) is 0 Å². The van der Waals surface area contributed by atoms with Crippen LogP contribution in [-0.2, 0) is 6.42 Å². The van der Waals surface area contributed by atoms with Crippen molar-refractivity contribution >= 4 is 5.97 Å². The Balaban J connectivity index is 0.00000576. The zero-order valence-electron chi connectivity index (χ0n) is 16.2. The summed E-state index contributed by atoms with van der Waals surface area (Å²) in [6.07, 6.45) is 16.3. The van der Waals surface area contributed by atoms with Crippen LogP contribution in [0.15, 0.2) is 18.2 Å². The summed E-state index contributed by atoms with van der Waals surface area (Å²) in [5, 5.41) is 20.4. The van der Waals surface area contributed by atoms with Crippen molar-refractivity contribution in [3.8, 4) is 5.75 Å². The molecule has 0 aromatic heterocycles. The Bertz CT molecular complexity index is 474. The molecule has 25 heavy (non-hydrogen) atoms. The molecule has 4 heteroatoms. The first-order valence-electron chi connectivity index (χ1n) is 9.68. The molecule has 0 spiro atoms. The van der Waals surface area contributed by atoms with Gasteiger partial charge in [-0.2, -0.15) is 0 Å². The molecule has 0 atom stereocenters. The first-order valence-corrected chi connectivity index (χ1v) is 9.68. The summed E-state index contributed by atoms with van der Waals surface area (Å²) in [6, 6.07) is 4.37. The van der Waals surface area contributed by atoms with Gasteiger partial charge in [0.05, 0.1) is 5.56 Å². The Morgan fingerprint density at radius 2 is 1.36 bits per heavy atom. The van der Waals surface area contributed by atoms with Crippen LogP contribution in [0.4, 0.5) is 0 Å². The summed E-state index contributed by atoms with van der Waals surface area (Å²) in [6.45, 7) is 2.25. The molecule has 1 aromatic carbocycles. The average Bonchev–Trinajstić information content (AvgIpc) is 2.56. The second-order valence-electron chi connectivity index (χ2n) is 6.76. The van der Waals surface area contributed by atoms with E-state index in [0.717, 1.165) is 24.8 Å². The summed E-state index contributed by atoms with van der Waals surface area (Å²) in [7, 11) is 0. The number of aryl methyl sites for hydroxylation is 1. The summed E-state index contributed by atoms with van der Waals surface area (Å²) < 4.78 is 0. The van der Waals surface area contributed by atoms with E-state index in [2.05, 4.69) is 6.92 Å². The molecule has 0 aliphatic carbocycles. The molecule has 0 saturated carbocycles. The predicted molar refractivity (Wildman–Crippen MR) is 97.6 cm³/mol. The fraction of sp³-hybridized carbons (Fsp3) is 0.667. The van der Waals surface area contributed by atoms with Gasteiger partial charge in [-0.05, 0) is 18.4 Å². The van der Waals surface area contributed by atoms with Crippen LogP contribution in [0.1, 0.15) is 99.9 Å². The molecule has 1 rings (SSSR count). The Labute approximate surface area is 196 Å². The van der Waals surface area contributed by atoms with Gasteiger partial charge in [0.25, 0.3) is 0 Å². The van der Waals surface area contributed by atoms with Gasteiger partial charge in [0.1, 0.15) is 0 Å². The largest absolute Gasteiger partial charge is 1.00 e. The Hall–Kier alpha value is 0.126. The number of carbonyl (C=O) groups is 1. The molecular formula is C21H33KO3. The van der Waals surface area contributed by atoms with E-state index >= 15 is 0 Å². The van der Waals surface area contributed by atoms with Crippen molar-refractivity contribution in [2.24, 2.45) is 0 Å². The minimum atomic E-state index is -0.998. The van der Waals surface area contributed by atoms with E-state index in [4.69, 9.17) is 5.11 Å². The van der Waals surface area contributed by atoms with Gasteiger partial charge in [-0.25, -0.2) is 4.79 Å². The van der Waals surface area contributed by atoms with Crippen LogP contribution in [-0.4, -0.2) is 11.1 Å². The van der Waals surface area contributed by atoms with E-state index in [-0.39, 0.29) is 62.7 Å². The second kappa shape index (κ2) is 16.3. The maximum Gasteiger partial charge on any atom is 1.00 e. The van der Waals surface area contributed by atoms with E-state index in [9.17, 15) is 9.90 Å². The molecule has 0 heterocycles. The third kappa shape index (κ3) is 12.2. The number of hydrogen-bond acceptors (Lipinski definition) is 2. The van der Waals surface area contributed by atoms with Crippen LogP contribution in [0.25, 0.3) is 0 Å². The molecule has 0 unspecified atom stereocenters. The van der Waals surface area contributed by atoms with Crippen LogP contribution in [0.3, 0.4) is 0 Å². The summed E-state index contributed by atoms with van der Waals surface area (Å²) >= 11 is 0. The molecule has 136 valence electrons. The summed E-state index contributed by atoms with van der Waals surface area (Å²) in [4.78, 5) is 11.2. The first kappa shape index (κ1) is 25.1. The van der Waals surface area contributed by atoms with Crippen LogP contribution >= 0.6 is 0 Å². The molecule has 0 saturated heterocycles. The number of carboxylic acids is 1. The quantitative estimate of drug-likeness (QED) is 0.403. The summed E-state index contributed by atoms with van der Waals surface area (Å²) in [5.41, 5.74) is 0.958. The maximum absolute atomic E-state index is 11.3. The van der Waals surface area contributed by atoms with Gasteiger partial charge in [-0.15, -0.1) is 5.75 Å². The molecular weight excluding hydrogens is 339 g/mol. The number of carboxylic acid groups (broad SMARTS) is 1. The topological polar surface area (TPSA) is 60.4 Å². The van der Waals surface area contributed by atoms with Gasteiger partial charge < -0.3 is 10.2 Å². The van der Waals surface area contributed by atoms with Crippen LogP contribution in [0, 0.1) is 0 Å². The van der Waals surface area contributed by atoms with Crippen molar-refractivity contribution in [3.05, 3.63) is 29.3 Å². The van der Waals surface area contributed by atoms with Crippen molar-refractivity contribution in [2.45, 2.75) is 90.4 Å². The molecule has 0 fully saturated rings. The number of unbranched alkanes of at least 4 members (excludes halogenated alkanes) is 11. The standard InChI is InChI=1S/C21H34O3.K/c1-2-3-4-5-6-7-8-9-10-11-12-13-14-18-15-16-19(22)17-20(18)21(23)24;/h15-17,22H,2-14H2,1H3,(H,23,24);/q;+1/p-1. The van der Waals surface area contributed by atoms with Crippen molar-refractivity contribution in [3.63, 3.8) is 0 Å². The average molecular weight is 373 g/mol. The normalized spacial score (nSPS) is 10.4. The van der Waals surface area contributed by atoms with Crippen LogP contribution in [0.5, 0.6) is 5.75 Å². The fourth-order valence-corrected chi connectivity index (χ4v) is 3.13. The second-order valence-corrected chi connectivity index (χ2v) is 6.76. The SMILES string of the molecule is CCCCCCCCCCCCCCc1ccc([O-])cc1C(=O)O.[K+]. The molecule has 0 aliphatic rings. The number of aromatic carboxylic acids is 1. The van der Waals surface area contributed by atoms with Crippen molar-refractivity contribution in [1.29, 1.82) is 0 Å². The summed E-state index contributed by atoms with van der Waals surface area (Å²) in [5.74, 6) is -1.23. The van der Waals surface area contributed by atoms with Gasteiger partial charge in [0.15, 0.2) is 0 Å². The van der Waals surface area contributed by atoms with Gasteiger partial charge in [-0.1, -0.05) is 95.8 Å². The molecule has 0 amide bonds. The monoisotopic (exact) mass is 372 g/mol. The maximum atomic E-state index is 11.3. The molecule has 1 N–H and O–H groups in total. The minimum absolute atomic E-state index is 0. The van der Waals surface area contributed by atoms with E-state index in [1.165, 1.54) is 76.3 Å². The zero-order valence-corrected chi connectivity index (χ0v) is 19.3. The predicted octanol–water partition coefficient (Wildman–Crippen LogP) is 2.71. The first-order chi connectivity index (χ1) is 11.6. The van der Waals surface area contributed by atoms with E-state index in [0.29, 0.717) is 0 Å². The Kier molecular flexibility index (Phi) is 16.4. The molecule has 0 aliphatic heterocycles. The number of hydrogen-bond donors (Lipinski definition) is 1. The molecule has 0 radical (unpaired) electrons. The van der Waals surface area contributed by atoms with Crippen molar-refractivity contribution in [1.82, 2.24) is 0 Å². The molecule has 0 bridgehead atoms. The minimum Gasteiger partial charge on any atom is -0.872 e. The van der Waals surface area contributed by atoms with Gasteiger partial charge in [0.2, 0.25) is 0 Å². The van der Waals surface area contributed by atoms with Gasteiger partial charge in [-0.3, -0.25) is 0 Å². The smallest absolute Gasteiger partial charge is 0.872 e. The fourth-order valence-electron chi connectivity index (χ4n) is 3.13. The van der Waals surface area contributed by atoms with E-state index in [1.54, 1.807) is 6.07 Å². The Morgan fingerprint density at radius 1 is 0.880 bits per heavy atom. The van der Waals surface area contributed by atoms with Gasteiger partial charge >= 0.3 is 57.4 Å². The zero-order chi connectivity index (χ0) is 17.6. The van der Waals surface area contributed by atoms with Crippen molar-refractivity contribution < 1.29 is 66.4 Å². The van der Waals surface area contributed by atoms with E-state index in [1.807, 2.05) is 0 Å². The number of rotatable bonds is 14. The van der Waals surface area contributed by atoms with Crippen LogP contribution < -0.4 is 56.5 Å². The van der Waals surface area contributed by atoms with Crippen molar-refractivity contribution in [2.75, 3.05) is 0 Å². The third-order valence-electron chi connectivity index (χ3n) is 4.61.